The van der Waals surface area contributed by atoms with E-state index >= 15 is 4.39 Å². The summed E-state index contributed by atoms with van der Waals surface area (Å²) in [5, 5.41) is 26.7. The standard InChI is InChI=1S/C25H26FN8O3P/c1-18-23-25(33(29-18)13-7-12-27)28-24(19-8-3-4-9-20(19)26)31(2)38(23,32-14-16-37-17-15-32)30-21-10-5-6-11-22(21)34(35)36/h3-6,8-11H,7,13-17H2,1-2H3. The van der Waals surface area contributed by atoms with E-state index in [0.29, 0.717) is 50.2 Å². The number of morpholine rings is 1. The first-order valence-electron chi connectivity index (χ1n) is 12.1. The summed E-state index contributed by atoms with van der Waals surface area (Å²) in [6, 6.07) is 14.9. The minimum Gasteiger partial charge on any atom is -0.379 e. The first-order valence-corrected chi connectivity index (χ1v) is 13.7. The number of aryl methyl sites for hydroxylation is 2. The minimum atomic E-state index is -3.08. The minimum absolute atomic E-state index is 0.125. The normalized spacial score (nSPS) is 19.4. The lowest BCUT2D eigenvalue weighted by Crippen LogP contribution is -2.45. The summed E-state index contributed by atoms with van der Waals surface area (Å²) in [5.74, 6) is 0.374. The largest absolute Gasteiger partial charge is 0.379 e. The van der Waals surface area contributed by atoms with E-state index < -0.39 is 18.1 Å². The van der Waals surface area contributed by atoms with Crippen LogP contribution in [0.1, 0.15) is 17.7 Å². The van der Waals surface area contributed by atoms with Gasteiger partial charge in [0.2, 0.25) is 0 Å². The molecule has 5 rings (SSSR count). The van der Waals surface area contributed by atoms with Gasteiger partial charge in [0.25, 0.3) is 5.69 Å². The Morgan fingerprint density at radius 2 is 1.92 bits per heavy atom. The third kappa shape index (κ3) is 4.28. The molecular weight excluding hydrogens is 510 g/mol. The molecule has 2 aliphatic rings. The first-order chi connectivity index (χ1) is 18.4. The van der Waals surface area contributed by atoms with Gasteiger partial charge in [-0.05, 0) is 25.1 Å². The van der Waals surface area contributed by atoms with Crippen LogP contribution in [0.25, 0.3) is 0 Å². The van der Waals surface area contributed by atoms with Gasteiger partial charge in [0.15, 0.2) is 13.2 Å². The summed E-state index contributed by atoms with van der Waals surface area (Å²) in [7, 11) is -1.27. The molecule has 1 saturated heterocycles. The monoisotopic (exact) mass is 536 g/mol. The van der Waals surface area contributed by atoms with Crippen LogP contribution < -0.4 is 5.30 Å². The number of hydrogen-bond donors (Lipinski definition) is 0. The van der Waals surface area contributed by atoms with Gasteiger partial charge in [0, 0.05) is 26.2 Å². The van der Waals surface area contributed by atoms with Crippen LogP contribution in [0, 0.1) is 34.2 Å². The second kappa shape index (κ2) is 10.5. The van der Waals surface area contributed by atoms with E-state index in [9.17, 15) is 15.4 Å². The van der Waals surface area contributed by atoms with Crippen molar-refractivity contribution in [1.82, 2.24) is 19.1 Å². The maximum absolute atomic E-state index is 15.2. The summed E-state index contributed by atoms with van der Waals surface area (Å²) < 4.78 is 31.8. The van der Waals surface area contributed by atoms with Crippen molar-refractivity contribution < 1.29 is 14.1 Å². The van der Waals surface area contributed by atoms with Crippen molar-refractivity contribution in [2.75, 3.05) is 33.4 Å². The summed E-state index contributed by atoms with van der Waals surface area (Å²) >= 11 is 0. The summed E-state index contributed by atoms with van der Waals surface area (Å²) in [4.78, 5) is 16.4. The number of hydrogen-bond acceptors (Lipinski definition) is 7. The van der Waals surface area contributed by atoms with Crippen molar-refractivity contribution in [2.45, 2.75) is 19.9 Å². The van der Waals surface area contributed by atoms with Crippen molar-refractivity contribution in [3.05, 3.63) is 75.7 Å². The lowest BCUT2D eigenvalue weighted by Gasteiger charge is -2.46. The summed E-state index contributed by atoms with van der Waals surface area (Å²) in [6.07, 6.45) is 0.207. The SMILES string of the molecule is Cc1nn(CCC#N)c2c1P(=Nc1ccccc1[N+](=O)[O-])(N1CCOCC1)N(C)C(c1ccccc1F)=N2. The first kappa shape index (κ1) is 25.7. The van der Waals surface area contributed by atoms with Crippen LogP contribution >= 0.6 is 7.36 Å². The Morgan fingerprint density at radius 1 is 1.21 bits per heavy atom. The molecule has 3 aromatic rings. The summed E-state index contributed by atoms with van der Waals surface area (Å²) in [6.45, 7) is 4.06. The van der Waals surface area contributed by atoms with E-state index in [2.05, 4.69) is 10.7 Å². The predicted octanol–water partition coefficient (Wildman–Crippen LogP) is 4.50. The second-order valence-electron chi connectivity index (χ2n) is 8.81. The number of aliphatic imine (C=N–C) groups is 1. The van der Waals surface area contributed by atoms with Crippen molar-refractivity contribution in [2.24, 2.45) is 9.74 Å². The molecule has 1 unspecified atom stereocenters. The van der Waals surface area contributed by atoms with Crippen LogP contribution in [-0.2, 0) is 11.3 Å². The smallest absolute Gasteiger partial charge is 0.294 e. The lowest BCUT2D eigenvalue weighted by atomic mass is 10.2. The highest BCUT2D eigenvalue weighted by Gasteiger charge is 2.46. The van der Waals surface area contributed by atoms with E-state index in [1.165, 1.54) is 12.1 Å². The number of nitro benzene ring substituents is 1. The number of fused-ring (bicyclic) bond motifs is 1. The zero-order valence-electron chi connectivity index (χ0n) is 21.0. The van der Waals surface area contributed by atoms with Crippen LogP contribution in [0.4, 0.5) is 21.6 Å². The van der Waals surface area contributed by atoms with Gasteiger partial charge < -0.3 is 9.41 Å². The molecule has 0 spiro atoms. The number of nitrogens with zero attached hydrogens (tertiary/aromatic N) is 8. The summed E-state index contributed by atoms with van der Waals surface area (Å²) in [5.41, 5.74) is 1.03. The highest BCUT2D eigenvalue weighted by Crippen LogP contribution is 2.62. The molecule has 0 saturated carbocycles. The molecule has 0 aliphatic carbocycles. The van der Waals surface area contributed by atoms with Crippen LogP contribution in [0.3, 0.4) is 0 Å². The highest BCUT2D eigenvalue weighted by molar-refractivity contribution is 7.70. The molecule has 2 aromatic carbocycles. The molecule has 0 radical (unpaired) electrons. The number of ether oxygens (including phenoxy) is 1. The van der Waals surface area contributed by atoms with Crippen molar-refractivity contribution in [3.63, 3.8) is 0 Å². The Labute approximate surface area is 219 Å². The topological polar surface area (TPSA) is 125 Å². The van der Waals surface area contributed by atoms with Crippen LogP contribution in [0.2, 0.25) is 0 Å². The maximum Gasteiger partial charge on any atom is 0.294 e. The third-order valence-electron chi connectivity index (χ3n) is 6.56. The number of amidine groups is 1. The number of para-hydroxylation sites is 1. The zero-order valence-corrected chi connectivity index (χ0v) is 21.9. The zero-order chi connectivity index (χ0) is 26.9. The molecule has 1 fully saturated rings. The molecule has 1 aromatic heterocycles. The fraction of sp³-hybridized carbons (Fsp3) is 0.320. The van der Waals surface area contributed by atoms with Gasteiger partial charge in [-0.1, -0.05) is 24.3 Å². The Kier molecular flexibility index (Phi) is 7.08. The van der Waals surface area contributed by atoms with Crippen molar-refractivity contribution >= 4 is 35.7 Å². The van der Waals surface area contributed by atoms with Gasteiger partial charge in [-0.3, -0.25) is 10.1 Å². The van der Waals surface area contributed by atoms with Crippen LogP contribution in [0.5, 0.6) is 0 Å². The Balaban J connectivity index is 1.89. The van der Waals surface area contributed by atoms with E-state index in [1.54, 1.807) is 41.1 Å². The highest BCUT2D eigenvalue weighted by atomic mass is 31.2. The maximum atomic E-state index is 15.2. The number of benzene rings is 2. The molecule has 0 bridgehead atoms. The molecule has 1 atom stereocenters. The molecule has 196 valence electrons. The fourth-order valence-corrected chi connectivity index (χ4v) is 8.71. The van der Waals surface area contributed by atoms with Crippen LogP contribution in [0.15, 0.2) is 58.3 Å². The van der Waals surface area contributed by atoms with Crippen molar-refractivity contribution in [3.8, 4) is 6.07 Å². The van der Waals surface area contributed by atoms with E-state index in [0.717, 1.165) is 5.30 Å². The molecule has 3 heterocycles. The van der Waals surface area contributed by atoms with Crippen molar-refractivity contribution in [1.29, 1.82) is 5.26 Å². The third-order valence-corrected chi connectivity index (χ3v) is 10.4. The van der Waals surface area contributed by atoms with E-state index in [4.69, 9.17) is 19.6 Å². The average molecular weight is 537 g/mol. The Bertz CT molecular complexity index is 1520. The Morgan fingerprint density at radius 3 is 2.63 bits per heavy atom. The van der Waals surface area contributed by atoms with Gasteiger partial charge in [-0.25, -0.2) is 23.5 Å². The lowest BCUT2D eigenvalue weighted by molar-refractivity contribution is -0.384. The number of aromatic nitrogens is 2. The van der Waals surface area contributed by atoms with Gasteiger partial charge >= 0.3 is 0 Å². The molecule has 0 amide bonds. The fourth-order valence-electron chi connectivity index (χ4n) is 4.86. The van der Waals surface area contributed by atoms with Crippen LogP contribution in [-0.4, -0.2) is 63.2 Å². The van der Waals surface area contributed by atoms with E-state index in [-0.39, 0.29) is 23.4 Å². The number of nitriles is 1. The predicted molar refractivity (Wildman–Crippen MR) is 142 cm³/mol. The second-order valence-corrected chi connectivity index (χ2v) is 11.8. The van der Waals surface area contributed by atoms with Gasteiger partial charge in [-0.2, -0.15) is 10.4 Å². The molecule has 13 heteroatoms. The molecular formula is C25H26FN8O3P. The quantitative estimate of drug-likeness (QED) is 0.258. The average Bonchev–Trinajstić information content (AvgIpc) is 3.25. The molecule has 38 heavy (non-hydrogen) atoms. The van der Waals surface area contributed by atoms with E-state index in [1.807, 2.05) is 18.6 Å². The molecule has 11 nitrogen and oxygen atoms in total. The van der Waals surface area contributed by atoms with Gasteiger partial charge in [0.05, 0.1) is 53.7 Å². The van der Waals surface area contributed by atoms with Gasteiger partial charge in [0.1, 0.15) is 17.3 Å². The molecule has 2 aliphatic heterocycles. The molecule has 0 N–H and O–H groups in total. The number of halogens is 1. The number of rotatable bonds is 6. The van der Waals surface area contributed by atoms with Gasteiger partial charge in [-0.15, -0.1) is 0 Å². The Hall–Kier alpha value is -3.91. The number of nitro groups is 1.